The van der Waals surface area contributed by atoms with Gasteiger partial charge in [-0.3, -0.25) is 4.98 Å². The molecule has 0 unspecified atom stereocenters. The average Bonchev–Trinajstić information content (AvgIpc) is 3.04. The molecular formula is C13H20N2. The van der Waals surface area contributed by atoms with E-state index in [2.05, 4.69) is 23.3 Å². The van der Waals surface area contributed by atoms with Crippen molar-refractivity contribution in [3.05, 3.63) is 29.6 Å². The van der Waals surface area contributed by atoms with Crippen LogP contribution < -0.4 is 5.32 Å². The highest BCUT2D eigenvalue weighted by molar-refractivity contribution is 5.21. The molecule has 1 heterocycles. The number of aromatic nitrogens is 1. The first kappa shape index (κ1) is 10.6. The van der Waals surface area contributed by atoms with E-state index in [0.29, 0.717) is 0 Å². The lowest BCUT2D eigenvalue weighted by molar-refractivity contribution is 0.619. The number of rotatable bonds is 6. The van der Waals surface area contributed by atoms with Crippen LogP contribution in [0.4, 0.5) is 0 Å². The molecule has 0 amide bonds. The minimum absolute atomic E-state index is 0.852. The lowest BCUT2D eigenvalue weighted by Crippen LogP contribution is -2.17. The highest BCUT2D eigenvalue weighted by Crippen LogP contribution is 2.18. The second-order valence-electron chi connectivity index (χ2n) is 4.49. The third kappa shape index (κ3) is 3.63. The van der Waals surface area contributed by atoms with Gasteiger partial charge in [0.2, 0.25) is 0 Å². The Balaban J connectivity index is 1.62. The predicted molar refractivity (Wildman–Crippen MR) is 62.9 cm³/mol. The summed E-state index contributed by atoms with van der Waals surface area (Å²) >= 11 is 0. The van der Waals surface area contributed by atoms with Gasteiger partial charge in [-0.25, -0.2) is 0 Å². The number of nitrogens with one attached hydrogen (secondary N) is 1. The molecule has 0 radical (unpaired) electrons. The zero-order valence-electron chi connectivity index (χ0n) is 9.50. The van der Waals surface area contributed by atoms with Crippen molar-refractivity contribution in [1.29, 1.82) is 0 Å². The van der Waals surface area contributed by atoms with Crippen molar-refractivity contribution in [2.24, 2.45) is 0 Å². The molecule has 0 atom stereocenters. The standard InChI is InChI=1S/C13H20N2/c1-11-7-9-14-10-12(11)4-2-3-8-15-13-5-6-13/h7,9-10,13,15H,2-6,8H2,1H3. The molecule has 0 spiro atoms. The van der Waals surface area contributed by atoms with Crippen molar-refractivity contribution in [1.82, 2.24) is 10.3 Å². The van der Waals surface area contributed by atoms with E-state index >= 15 is 0 Å². The fraction of sp³-hybridized carbons (Fsp3) is 0.615. The first-order valence-electron chi connectivity index (χ1n) is 5.99. The summed E-state index contributed by atoms with van der Waals surface area (Å²) < 4.78 is 0. The molecule has 1 fully saturated rings. The molecule has 1 aromatic rings. The van der Waals surface area contributed by atoms with Crippen LogP contribution in [-0.4, -0.2) is 17.6 Å². The zero-order chi connectivity index (χ0) is 10.5. The van der Waals surface area contributed by atoms with Crippen molar-refractivity contribution in [2.45, 2.75) is 45.1 Å². The number of hydrogen-bond acceptors (Lipinski definition) is 2. The molecule has 82 valence electrons. The highest BCUT2D eigenvalue weighted by Gasteiger charge is 2.19. The van der Waals surface area contributed by atoms with Crippen molar-refractivity contribution < 1.29 is 0 Å². The minimum atomic E-state index is 0.852. The second-order valence-corrected chi connectivity index (χ2v) is 4.49. The van der Waals surface area contributed by atoms with Crippen molar-refractivity contribution in [3.8, 4) is 0 Å². The molecule has 0 bridgehead atoms. The number of hydrogen-bond donors (Lipinski definition) is 1. The lowest BCUT2D eigenvalue weighted by Gasteiger charge is -2.05. The molecule has 0 aliphatic heterocycles. The summed E-state index contributed by atoms with van der Waals surface area (Å²) in [6.45, 7) is 3.35. The van der Waals surface area contributed by atoms with E-state index < -0.39 is 0 Å². The predicted octanol–water partition coefficient (Wildman–Crippen LogP) is 2.46. The summed E-state index contributed by atoms with van der Waals surface area (Å²) in [6, 6.07) is 2.95. The quantitative estimate of drug-likeness (QED) is 0.720. The first-order valence-corrected chi connectivity index (χ1v) is 5.99. The van der Waals surface area contributed by atoms with Gasteiger partial charge in [0.15, 0.2) is 0 Å². The van der Waals surface area contributed by atoms with Gasteiger partial charge in [-0.2, -0.15) is 0 Å². The van der Waals surface area contributed by atoms with Crippen molar-refractivity contribution in [3.63, 3.8) is 0 Å². The van der Waals surface area contributed by atoms with Crippen molar-refractivity contribution >= 4 is 0 Å². The van der Waals surface area contributed by atoms with Gasteiger partial charge in [-0.05, 0) is 62.8 Å². The van der Waals surface area contributed by atoms with Crippen LogP contribution in [0.1, 0.15) is 36.8 Å². The molecule has 0 aromatic carbocycles. The monoisotopic (exact) mass is 204 g/mol. The Morgan fingerprint density at radius 3 is 3.00 bits per heavy atom. The van der Waals surface area contributed by atoms with Crippen LogP contribution in [0.5, 0.6) is 0 Å². The lowest BCUT2D eigenvalue weighted by atomic mass is 10.1. The maximum Gasteiger partial charge on any atom is 0.0302 e. The van der Waals surface area contributed by atoms with E-state index in [1.807, 2.05) is 12.4 Å². The summed E-state index contributed by atoms with van der Waals surface area (Å²) in [5.74, 6) is 0. The maximum absolute atomic E-state index is 4.17. The number of nitrogens with zero attached hydrogens (tertiary/aromatic N) is 1. The molecule has 1 saturated carbocycles. The topological polar surface area (TPSA) is 24.9 Å². The highest BCUT2D eigenvalue weighted by atomic mass is 14.9. The Kier molecular flexibility index (Phi) is 3.73. The molecule has 2 heteroatoms. The maximum atomic E-state index is 4.17. The van der Waals surface area contributed by atoms with E-state index in [9.17, 15) is 0 Å². The Morgan fingerprint density at radius 2 is 2.27 bits per heavy atom. The van der Waals surface area contributed by atoms with Crippen LogP contribution in [0.3, 0.4) is 0 Å². The average molecular weight is 204 g/mol. The molecular weight excluding hydrogens is 184 g/mol. The molecule has 2 rings (SSSR count). The van der Waals surface area contributed by atoms with Crippen molar-refractivity contribution in [2.75, 3.05) is 6.54 Å². The Bertz CT molecular complexity index is 305. The van der Waals surface area contributed by atoms with Gasteiger partial charge in [-0.15, -0.1) is 0 Å². The molecule has 1 aliphatic carbocycles. The first-order chi connectivity index (χ1) is 7.36. The molecule has 1 aliphatic rings. The van der Waals surface area contributed by atoms with E-state index in [-0.39, 0.29) is 0 Å². The number of unbranched alkanes of at least 4 members (excludes halogenated alkanes) is 1. The minimum Gasteiger partial charge on any atom is -0.314 e. The fourth-order valence-electron chi connectivity index (χ4n) is 1.79. The van der Waals surface area contributed by atoms with Crippen LogP contribution in [-0.2, 0) is 6.42 Å². The van der Waals surface area contributed by atoms with Crippen LogP contribution in [0.2, 0.25) is 0 Å². The second kappa shape index (κ2) is 5.26. The summed E-state index contributed by atoms with van der Waals surface area (Å²) in [5.41, 5.74) is 2.78. The van der Waals surface area contributed by atoms with Gasteiger partial charge in [0, 0.05) is 18.4 Å². The molecule has 15 heavy (non-hydrogen) atoms. The van der Waals surface area contributed by atoms with Crippen LogP contribution in [0, 0.1) is 6.92 Å². The third-order valence-electron chi connectivity index (χ3n) is 3.03. The molecule has 0 saturated heterocycles. The van der Waals surface area contributed by atoms with Crippen LogP contribution in [0.25, 0.3) is 0 Å². The summed E-state index contributed by atoms with van der Waals surface area (Å²) in [7, 11) is 0. The van der Waals surface area contributed by atoms with Crippen LogP contribution in [0.15, 0.2) is 18.5 Å². The van der Waals surface area contributed by atoms with Gasteiger partial charge in [0.05, 0.1) is 0 Å². The van der Waals surface area contributed by atoms with E-state index in [0.717, 1.165) is 6.04 Å². The van der Waals surface area contributed by atoms with Gasteiger partial charge in [0.1, 0.15) is 0 Å². The number of pyridine rings is 1. The Morgan fingerprint density at radius 1 is 1.40 bits per heavy atom. The largest absolute Gasteiger partial charge is 0.314 e. The smallest absolute Gasteiger partial charge is 0.0302 e. The van der Waals surface area contributed by atoms with Crippen LogP contribution >= 0.6 is 0 Å². The summed E-state index contributed by atoms with van der Waals surface area (Å²) in [5, 5.41) is 3.54. The molecule has 1 aromatic heterocycles. The van der Waals surface area contributed by atoms with E-state index in [4.69, 9.17) is 0 Å². The third-order valence-corrected chi connectivity index (χ3v) is 3.03. The fourth-order valence-corrected chi connectivity index (χ4v) is 1.79. The van der Waals surface area contributed by atoms with Gasteiger partial charge in [0.25, 0.3) is 0 Å². The van der Waals surface area contributed by atoms with E-state index in [1.54, 1.807) is 0 Å². The van der Waals surface area contributed by atoms with Gasteiger partial charge < -0.3 is 5.32 Å². The zero-order valence-corrected chi connectivity index (χ0v) is 9.50. The van der Waals surface area contributed by atoms with Gasteiger partial charge in [-0.1, -0.05) is 0 Å². The SMILES string of the molecule is Cc1ccncc1CCCCNC1CC1. The number of aryl methyl sites for hydroxylation is 2. The summed E-state index contributed by atoms with van der Waals surface area (Å²) in [6.07, 6.45) is 10.4. The van der Waals surface area contributed by atoms with Gasteiger partial charge >= 0.3 is 0 Å². The van der Waals surface area contributed by atoms with E-state index in [1.165, 1.54) is 49.8 Å². The Hall–Kier alpha value is -0.890. The molecule has 1 N–H and O–H groups in total. The summed E-state index contributed by atoms with van der Waals surface area (Å²) in [4.78, 5) is 4.17. The Labute approximate surface area is 92.1 Å². The molecule has 2 nitrogen and oxygen atoms in total. The normalized spacial score (nSPS) is 15.5.